The van der Waals surface area contributed by atoms with Gasteiger partial charge in [-0.05, 0) is 31.2 Å². The Hall–Kier alpha value is -3.65. The molecule has 1 aromatic heterocycles. The molecule has 0 unspecified atom stereocenters. The van der Waals surface area contributed by atoms with Gasteiger partial charge in [-0.25, -0.2) is 9.97 Å². The highest BCUT2D eigenvalue weighted by Crippen LogP contribution is 2.43. The van der Waals surface area contributed by atoms with Gasteiger partial charge in [-0.3, -0.25) is 4.79 Å². The van der Waals surface area contributed by atoms with Gasteiger partial charge in [0.05, 0.1) is 24.6 Å². The molecule has 1 fully saturated rings. The number of rotatable bonds is 4. The number of carbonyl (C=O) groups is 1. The third kappa shape index (κ3) is 3.69. The largest absolute Gasteiger partial charge is 0.496 e. The lowest BCUT2D eigenvalue weighted by molar-refractivity contribution is 0.0994. The van der Waals surface area contributed by atoms with Gasteiger partial charge in [0.15, 0.2) is 5.82 Å². The third-order valence-corrected chi connectivity index (χ3v) is 7.43. The highest BCUT2D eigenvalue weighted by molar-refractivity contribution is 6.14. The summed E-state index contributed by atoms with van der Waals surface area (Å²) >= 11 is 0. The molecule has 8 nitrogen and oxygen atoms in total. The van der Waals surface area contributed by atoms with Crippen molar-refractivity contribution in [3.8, 4) is 5.75 Å². The van der Waals surface area contributed by atoms with Crippen LogP contribution in [0.4, 0.5) is 22.9 Å². The molecular weight excluding hydrogens is 440 g/mol. The fourth-order valence-electron chi connectivity index (χ4n) is 5.36. The topological polar surface area (TPSA) is 65.0 Å². The molecule has 1 saturated heterocycles. The van der Waals surface area contributed by atoms with Gasteiger partial charge in [0.2, 0.25) is 0 Å². The van der Waals surface area contributed by atoms with Crippen LogP contribution < -0.4 is 19.4 Å². The van der Waals surface area contributed by atoms with Crippen LogP contribution in [0.2, 0.25) is 0 Å². The number of carbonyl (C=O) groups excluding carboxylic acids is 1. The number of nitrogens with zero attached hydrogens (tertiary/aromatic N) is 6. The number of anilines is 4. The first-order valence-corrected chi connectivity index (χ1v) is 12.2. The van der Waals surface area contributed by atoms with Gasteiger partial charge in [0.1, 0.15) is 17.3 Å². The molecule has 0 radical (unpaired) electrons. The number of fused-ring (bicyclic) bond motifs is 2. The molecule has 35 heavy (non-hydrogen) atoms. The van der Waals surface area contributed by atoms with Crippen LogP contribution in [0, 0.1) is 0 Å². The molecule has 0 N–H and O–H groups in total. The van der Waals surface area contributed by atoms with Gasteiger partial charge in [-0.1, -0.05) is 18.2 Å². The summed E-state index contributed by atoms with van der Waals surface area (Å²) in [5.74, 6) is 2.33. The maximum Gasteiger partial charge on any atom is 0.260 e. The Bertz CT molecular complexity index is 1300. The first-order chi connectivity index (χ1) is 17.0. The molecular formula is C27H30N6O2. The van der Waals surface area contributed by atoms with Crippen molar-refractivity contribution in [3.05, 3.63) is 65.1 Å². The van der Waals surface area contributed by atoms with Crippen LogP contribution in [0.1, 0.15) is 27.3 Å². The van der Waals surface area contributed by atoms with Crippen molar-refractivity contribution < 1.29 is 9.53 Å². The number of likely N-dealkylation sites (N-methyl/N-ethyl adjacent to an activating group) is 1. The Morgan fingerprint density at radius 2 is 1.86 bits per heavy atom. The number of para-hydroxylation sites is 1. The highest BCUT2D eigenvalue weighted by Gasteiger charge is 2.35. The van der Waals surface area contributed by atoms with Crippen LogP contribution in [0.15, 0.2) is 42.6 Å². The van der Waals surface area contributed by atoms with E-state index in [0.29, 0.717) is 12.2 Å². The normalized spacial score (nSPS) is 17.3. The first-order valence-electron chi connectivity index (χ1n) is 12.2. The number of ether oxygens (including phenoxy) is 1. The summed E-state index contributed by atoms with van der Waals surface area (Å²) in [6.07, 6.45) is 3.24. The van der Waals surface area contributed by atoms with E-state index in [9.17, 15) is 4.79 Å². The molecule has 0 saturated carbocycles. The SMILES string of the molecule is COc1cc(N2CCN(C)CC2)ccc1Cc1ncc2c(n1)N1CCc3cccc(c31)C(=O)N2C. The second-order valence-corrected chi connectivity index (χ2v) is 9.54. The lowest BCUT2D eigenvalue weighted by Crippen LogP contribution is -2.44. The number of piperazine rings is 1. The van der Waals surface area contributed by atoms with Gasteiger partial charge in [0.25, 0.3) is 5.91 Å². The minimum Gasteiger partial charge on any atom is -0.496 e. The summed E-state index contributed by atoms with van der Waals surface area (Å²) in [4.78, 5) is 31.4. The maximum absolute atomic E-state index is 13.2. The van der Waals surface area contributed by atoms with Gasteiger partial charge in [-0.15, -0.1) is 0 Å². The Morgan fingerprint density at radius 1 is 1.03 bits per heavy atom. The summed E-state index contributed by atoms with van der Waals surface area (Å²) < 4.78 is 5.78. The van der Waals surface area contributed by atoms with Crippen molar-refractivity contribution in [1.29, 1.82) is 0 Å². The van der Waals surface area contributed by atoms with Crippen LogP contribution in [0.3, 0.4) is 0 Å². The molecule has 8 heteroatoms. The molecule has 180 valence electrons. The summed E-state index contributed by atoms with van der Waals surface area (Å²) in [7, 11) is 5.68. The third-order valence-electron chi connectivity index (χ3n) is 7.43. The fraction of sp³-hybridized carbons (Fsp3) is 0.370. The number of hydrogen-bond acceptors (Lipinski definition) is 7. The van der Waals surface area contributed by atoms with Crippen LogP contribution in [-0.2, 0) is 12.8 Å². The molecule has 0 aliphatic carbocycles. The first kappa shape index (κ1) is 21.9. The lowest BCUT2D eigenvalue weighted by Gasteiger charge is -2.34. The average molecular weight is 471 g/mol. The molecule has 3 aliphatic rings. The monoisotopic (exact) mass is 470 g/mol. The predicted octanol–water partition coefficient (Wildman–Crippen LogP) is 3.11. The van der Waals surface area contributed by atoms with Gasteiger partial charge < -0.3 is 24.3 Å². The summed E-state index contributed by atoms with van der Waals surface area (Å²) in [6.45, 7) is 4.95. The average Bonchev–Trinajstić information content (AvgIpc) is 3.29. The summed E-state index contributed by atoms with van der Waals surface area (Å²) in [5, 5.41) is 0. The zero-order valence-electron chi connectivity index (χ0n) is 20.5. The van der Waals surface area contributed by atoms with Crippen molar-refractivity contribution in [2.45, 2.75) is 12.8 Å². The van der Waals surface area contributed by atoms with Crippen LogP contribution in [-0.4, -0.2) is 74.7 Å². The predicted molar refractivity (Wildman–Crippen MR) is 137 cm³/mol. The lowest BCUT2D eigenvalue weighted by atomic mass is 10.1. The maximum atomic E-state index is 13.2. The highest BCUT2D eigenvalue weighted by atomic mass is 16.5. The minimum atomic E-state index is -0.0231. The van der Waals surface area contributed by atoms with Crippen molar-refractivity contribution in [2.24, 2.45) is 0 Å². The number of hydrogen-bond donors (Lipinski definition) is 0. The standard InChI is InChI=1S/C27H30N6O2/c1-30-11-13-32(14-12-30)20-8-7-19(23(16-20)35-3)15-24-28-17-22-26(29-24)33-10-9-18-5-4-6-21(25(18)33)27(34)31(22)2/h4-8,16-17H,9-15H2,1-3H3. The van der Waals surface area contributed by atoms with E-state index in [1.165, 1.54) is 11.3 Å². The Labute approximate surface area is 205 Å². The molecule has 0 spiro atoms. The van der Waals surface area contributed by atoms with E-state index in [2.05, 4.69) is 51.0 Å². The number of amides is 1. The van der Waals surface area contributed by atoms with E-state index < -0.39 is 0 Å². The van der Waals surface area contributed by atoms with Crippen LogP contribution in [0.5, 0.6) is 5.75 Å². The fourth-order valence-corrected chi connectivity index (χ4v) is 5.36. The van der Waals surface area contributed by atoms with Gasteiger partial charge in [-0.2, -0.15) is 0 Å². The van der Waals surface area contributed by atoms with Crippen LogP contribution >= 0.6 is 0 Å². The molecule has 6 rings (SSSR count). The minimum absolute atomic E-state index is 0.0231. The van der Waals surface area contributed by atoms with Gasteiger partial charge >= 0.3 is 0 Å². The Balaban J connectivity index is 1.33. The number of aromatic nitrogens is 2. The summed E-state index contributed by atoms with van der Waals surface area (Å²) in [5.41, 5.74) is 5.87. The smallest absolute Gasteiger partial charge is 0.260 e. The van der Waals surface area contributed by atoms with Crippen LogP contribution in [0.25, 0.3) is 0 Å². The van der Waals surface area contributed by atoms with Crippen molar-refractivity contribution in [2.75, 3.05) is 68.6 Å². The molecule has 1 amide bonds. The molecule has 0 atom stereocenters. The molecule has 0 bridgehead atoms. The van der Waals surface area contributed by atoms with E-state index in [-0.39, 0.29) is 5.91 Å². The quantitative estimate of drug-likeness (QED) is 0.581. The summed E-state index contributed by atoms with van der Waals surface area (Å²) in [6, 6.07) is 12.4. The molecule has 4 heterocycles. The number of methoxy groups -OCH3 is 1. The Kier molecular flexibility index (Phi) is 5.33. The van der Waals surface area contributed by atoms with E-state index in [4.69, 9.17) is 9.72 Å². The molecule has 3 aliphatic heterocycles. The van der Waals surface area contributed by atoms with E-state index in [0.717, 1.165) is 73.2 Å². The second-order valence-electron chi connectivity index (χ2n) is 9.54. The van der Waals surface area contributed by atoms with Gasteiger partial charge in [0, 0.05) is 63.5 Å². The molecule has 2 aromatic carbocycles. The van der Waals surface area contributed by atoms with Crippen molar-refractivity contribution in [1.82, 2.24) is 14.9 Å². The zero-order chi connectivity index (χ0) is 24.1. The van der Waals surface area contributed by atoms with E-state index >= 15 is 0 Å². The molecule has 3 aromatic rings. The second kappa shape index (κ2) is 8.53. The van der Waals surface area contributed by atoms with Crippen molar-refractivity contribution in [3.63, 3.8) is 0 Å². The van der Waals surface area contributed by atoms with E-state index in [1.54, 1.807) is 25.3 Å². The number of benzene rings is 2. The Morgan fingerprint density at radius 3 is 2.66 bits per heavy atom. The van der Waals surface area contributed by atoms with Crippen molar-refractivity contribution >= 4 is 28.8 Å². The zero-order valence-corrected chi connectivity index (χ0v) is 20.5. The van der Waals surface area contributed by atoms with E-state index in [1.807, 2.05) is 12.1 Å².